The summed E-state index contributed by atoms with van der Waals surface area (Å²) in [6.07, 6.45) is 4.41. The molecule has 3 N–H and O–H groups in total. The number of nitrogens with one attached hydrogen (secondary N) is 2. The van der Waals surface area contributed by atoms with Crippen LogP contribution in [0.4, 0.5) is 0 Å². The van der Waals surface area contributed by atoms with Crippen LogP contribution in [0, 0.1) is 0 Å². The molecule has 4 nitrogen and oxygen atoms in total. The number of hydrogen-bond acceptors (Lipinski definition) is 3. The number of aliphatic hydroxyl groups excluding tert-OH is 1. The van der Waals surface area contributed by atoms with Gasteiger partial charge in [-0.15, -0.1) is 0 Å². The van der Waals surface area contributed by atoms with Crippen molar-refractivity contribution in [1.82, 2.24) is 10.6 Å². The maximum atomic E-state index is 10.9. The topological polar surface area (TPSA) is 61.4 Å². The van der Waals surface area contributed by atoms with Gasteiger partial charge in [-0.25, -0.2) is 0 Å². The SMILES string of the molecule is O=C1CCC(N[C@H]2CCC[C@@H]2O)CN1. The van der Waals surface area contributed by atoms with Crippen molar-refractivity contribution in [2.24, 2.45) is 0 Å². The molecular formula is C10H18N2O2. The molecule has 0 spiro atoms. The molecule has 3 atom stereocenters. The lowest BCUT2D eigenvalue weighted by Gasteiger charge is -2.28. The van der Waals surface area contributed by atoms with E-state index in [0.717, 1.165) is 25.7 Å². The third kappa shape index (κ3) is 2.25. The summed E-state index contributed by atoms with van der Waals surface area (Å²) in [6, 6.07) is 0.598. The van der Waals surface area contributed by atoms with Gasteiger partial charge in [-0.1, -0.05) is 0 Å². The molecule has 0 aromatic carbocycles. The van der Waals surface area contributed by atoms with E-state index in [-0.39, 0.29) is 18.1 Å². The van der Waals surface area contributed by atoms with Crippen LogP contribution in [0.3, 0.4) is 0 Å². The summed E-state index contributed by atoms with van der Waals surface area (Å²) in [5, 5.41) is 15.9. The number of carbonyl (C=O) groups excluding carboxylic acids is 1. The molecule has 1 unspecified atom stereocenters. The molecule has 1 saturated heterocycles. The van der Waals surface area contributed by atoms with E-state index in [2.05, 4.69) is 10.6 Å². The normalized spacial score (nSPS) is 38.4. The van der Waals surface area contributed by atoms with Gasteiger partial charge >= 0.3 is 0 Å². The third-order valence-corrected chi connectivity index (χ3v) is 3.19. The van der Waals surface area contributed by atoms with Gasteiger partial charge in [0.15, 0.2) is 0 Å². The third-order valence-electron chi connectivity index (χ3n) is 3.19. The highest BCUT2D eigenvalue weighted by atomic mass is 16.3. The molecule has 1 aliphatic heterocycles. The number of aliphatic hydroxyl groups is 1. The Balaban J connectivity index is 1.77. The second kappa shape index (κ2) is 4.28. The summed E-state index contributed by atoms with van der Waals surface area (Å²) < 4.78 is 0. The molecular weight excluding hydrogens is 180 g/mol. The molecule has 2 fully saturated rings. The van der Waals surface area contributed by atoms with Gasteiger partial charge in [-0.05, 0) is 25.7 Å². The van der Waals surface area contributed by atoms with Gasteiger partial charge in [-0.2, -0.15) is 0 Å². The smallest absolute Gasteiger partial charge is 0.220 e. The Labute approximate surface area is 84.1 Å². The molecule has 1 heterocycles. The standard InChI is InChI=1S/C10H18N2O2/c13-9-3-1-2-8(9)12-7-4-5-10(14)11-6-7/h7-9,12-13H,1-6H2,(H,11,14)/t7?,8-,9-/m0/s1. The van der Waals surface area contributed by atoms with E-state index in [1.165, 1.54) is 0 Å². The maximum absolute atomic E-state index is 10.9. The van der Waals surface area contributed by atoms with Crippen molar-refractivity contribution in [3.05, 3.63) is 0 Å². The first-order valence-corrected chi connectivity index (χ1v) is 5.46. The fourth-order valence-corrected chi connectivity index (χ4v) is 2.31. The first-order chi connectivity index (χ1) is 6.75. The zero-order chi connectivity index (χ0) is 9.97. The van der Waals surface area contributed by atoms with Crippen LogP contribution in [0.5, 0.6) is 0 Å². The molecule has 1 saturated carbocycles. The van der Waals surface area contributed by atoms with Gasteiger partial charge < -0.3 is 15.7 Å². The summed E-state index contributed by atoms with van der Waals surface area (Å²) in [6.45, 7) is 0.710. The Bertz CT molecular complexity index is 210. The van der Waals surface area contributed by atoms with Crippen molar-refractivity contribution in [1.29, 1.82) is 0 Å². The van der Waals surface area contributed by atoms with Crippen LogP contribution >= 0.6 is 0 Å². The maximum Gasteiger partial charge on any atom is 0.220 e. The number of hydrogen-bond donors (Lipinski definition) is 3. The van der Waals surface area contributed by atoms with Crippen LogP contribution in [0.15, 0.2) is 0 Å². The fraction of sp³-hybridized carbons (Fsp3) is 0.900. The first kappa shape index (κ1) is 9.93. The monoisotopic (exact) mass is 198 g/mol. The van der Waals surface area contributed by atoms with E-state index in [1.807, 2.05) is 0 Å². The second-order valence-corrected chi connectivity index (χ2v) is 4.31. The van der Waals surface area contributed by atoms with Crippen LogP contribution in [0.25, 0.3) is 0 Å². The summed E-state index contributed by atoms with van der Waals surface area (Å²) >= 11 is 0. The highest BCUT2D eigenvalue weighted by Crippen LogP contribution is 2.20. The van der Waals surface area contributed by atoms with Crippen molar-refractivity contribution in [3.8, 4) is 0 Å². The molecule has 0 bridgehead atoms. The van der Waals surface area contributed by atoms with Gasteiger partial charge in [0.2, 0.25) is 5.91 Å². The van der Waals surface area contributed by atoms with E-state index < -0.39 is 0 Å². The Hall–Kier alpha value is -0.610. The Morgan fingerprint density at radius 2 is 2.21 bits per heavy atom. The largest absolute Gasteiger partial charge is 0.392 e. The Morgan fingerprint density at radius 1 is 1.36 bits per heavy atom. The van der Waals surface area contributed by atoms with E-state index in [1.54, 1.807) is 0 Å². The number of piperidine rings is 1. The zero-order valence-electron chi connectivity index (χ0n) is 8.33. The molecule has 1 aliphatic carbocycles. The Kier molecular flexibility index (Phi) is 3.03. The van der Waals surface area contributed by atoms with Gasteiger partial charge in [-0.3, -0.25) is 4.79 Å². The van der Waals surface area contributed by atoms with Crippen LogP contribution in [-0.4, -0.2) is 35.7 Å². The average Bonchev–Trinajstić information content (AvgIpc) is 2.56. The van der Waals surface area contributed by atoms with Crippen molar-refractivity contribution >= 4 is 5.91 Å². The molecule has 80 valence electrons. The highest BCUT2D eigenvalue weighted by Gasteiger charge is 2.28. The van der Waals surface area contributed by atoms with Crippen LogP contribution in [0.1, 0.15) is 32.1 Å². The summed E-state index contributed by atoms with van der Waals surface area (Å²) in [7, 11) is 0. The predicted molar refractivity (Wildman–Crippen MR) is 52.8 cm³/mol. The van der Waals surface area contributed by atoms with E-state index in [0.29, 0.717) is 19.0 Å². The minimum absolute atomic E-state index is 0.148. The van der Waals surface area contributed by atoms with Crippen molar-refractivity contribution in [3.63, 3.8) is 0 Å². The molecule has 2 rings (SSSR count). The van der Waals surface area contributed by atoms with Gasteiger partial charge in [0.25, 0.3) is 0 Å². The van der Waals surface area contributed by atoms with Crippen molar-refractivity contribution < 1.29 is 9.90 Å². The molecule has 0 radical (unpaired) electrons. The minimum atomic E-state index is -0.187. The lowest BCUT2D eigenvalue weighted by atomic mass is 10.1. The number of amides is 1. The van der Waals surface area contributed by atoms with E-state index >= 15 is 0 Å². The average molecular weight is 198 g/mol. The van der Waals surface area contributed by atoms with Crippen LogP contribution in [-0.2, 0) is 4.79 Å². The summed E-state index contributed by atoms with van der Waals surface area (Å²) in [5.41, 5.74) is 0. The minimum Gasteiger partial charge on any atom is -0.392 e. The van der Waals surface area contributed by atoms with Crippen molar-refractivity contribution in [2.45, 2.75) is 50.3 Å². The Morgan fingerprint density at radius 3 is 2.79 bits per heavy atom. The van der Waals surface area contributed by atoms with E-state index in [9.17, 15) is 9.90 Å². The number of carbonyl (C=O) groups is 1. The second-order valence-electron chi connectivity index (χ2n) is 4.31. The molecule has 14 heavy (non-hydrogen) atoms. The van der Waals surface area contributed by atoms with Gasteiger partial charge in [0.05, 0.1) is 6.10 Å². The quantitative estimate of drug-likeness (QED) is 0.574. The van der Waals surface area contributed by atoms with Crippen molar-refractivity contribution in [2.75, 3.05) is 6.54 Å². The van der Waals surface area contributed by atoms with Crippen LogP contribution in [0.2, 0.25) is 0 Å². The molecule has 4 heteroatoms. The lowest BCUT2D eigenvalue weighted by Crippen LogP contribution is -2.51. The van der Waals surface area contributed by atoms with Crippen LogP contribution < -0.4 is 10.6 Å². The molecule has 0 aromatic rings. The first-order valence-electron chi connectivity index (χ1n) is 5.46. The van der Waals surface area contributed by atoms with Gasteiger partial charge in [0, 0.05) is 25.0 Å². The number of rotatable bonds is 2. The summed E-state index contributed by atoms with van der Waals surface area (Å²) in [5.74, 6) is 0.148. The van der Waals surface area contributed by atoms with E-state index in [4.69, 9.17) is 0 Å². The van der Waals surface area contributed by atoms with Gasteiger partial charge in [0.1, 0.15) is 0 Å². The molecule has 0 aromatic heterocycles. The summed E-state index contributed by atoms with van der Waals surface area (Å²) in [4.78, 5) is 10.9. The lowest BCUT2D eigenvalue weighted by molar-refractivity contribution is -0.122. The predicted octanol–water partition coefficient (Wildman–Crippen LogP) is -0.232. The molecule has 2 aliphatic rings. The highest BCUT2D eigenvalue weighted by molar-refractivity contribution is 5.76. The molecule has 1 amide bonds. The fourth-order valence-electron chi connectivity index (χ4n) is 2.31. The zero-order valence-corrected chi connectivity index (χ0v) is 8.33.